The van der Waals surface area contributed by atoms with E-state index < -0.39 is 0 Å². The number of hydrogen-bond acceptors (Lipinski definition) is 2. The molecular formula is C56H37NO. The normalized spacial score (nSPS) is 11.4. The van der Waals surface area contributed by atoms with Gasteiger partial charge in [0.2, 0.25) is 0 Å². The third-order valence-electron chi connectivity index (χ3n) is 11.5. The van der Waals surface area contributed by atoms with Crippen LogP contribution in [0.15, 0.2) is 229 Å². The molecule has 10 aromatic carbocycles. The number of nitrogens with zero attached hydrogens (tertiary/aromatic N) is 1. The first-order valence-electron chi connectivity index (χ1n) is 19.8. The van der Waals surface area contributed by atoms with Gasteiger partial charge in [0.25, 0.3) is 0 Å². The van der Waals surface area contributed by atoms with Crippen molar-refractivity contribution in [1.82, 2.24) is 0 Å². The molecule has 0 amide bonds. The van der Waals surface area contributed by atoms with Gasteiger partial charge in [-0.15, -0.1) is 0 Å². The van der Waals surface area contributed by atoms with Gasteiger partial charge in [-0.1, -0.05) is 182 Å². The Hall–Kier alpha value is -7.68. The van der Waals surface area contributed by atoms with Crippen molar-refractivity contribution in [3.05, 3.63) is 224 Å². The highest BCUT2D eigenvalue weighted by molar-refractivity contribution is 6.15. The zero-order chi connectivity index (χ0) is 38.4. The van der Waals surface area contributed by atoms with E-state index in [1.54, 1.807) is 0 Å². The van der Waals surface area contributed by atoms with Crippen LogP contribution in [-0.2, 0) is 0 Å². The fourth-order valence-electron chi connectivity index (χ4n) is 8.78. The molecule has 11 aromatic rings. The highest BCUT2D eigenvalue weighted by Gasteiger charge is 2.25. The SMILES string of the molecule is c1ccc(-c2ccccc2-c2c(-c3ccccc3)cccc2N(c2ccc(-c3ccc4c(ccc5ccccc54)c3)cc2)c2cccc3oc4ccccc4c23)cc1. The van der Waals surface area contributed by atoms with Gasteiger partial charge in [0, 0.05) is 16.6 Å². The van der Waals surface area contributed by atoms with Gasteiger partial charge >= 0.3 is 0 Å². The molecule has 1 heterocycles. The van der Waals surface area contributed by atoms with Crippen molar-refractivity contribution in [2.45, 2.75) is 0 Å². The predicted molar refractivity (Wildman–Crippen MR) is 245 cm³/mol. The maximum Gasteiger partial charge on any atom is 0.137 e. The largest absolute Gasteiger partial charge is 0.456 e. The molecule has 0 unspecified atom stereocenters. The Kier molecular flexibility index (Phi) is 8.19. The van der Waals surface area contributed by atoms with Crippen LogP contribution < -0.4 is 4.90 Å². The van der Waals surface area contributed by atoms with Gasteiger partial charge in [-0.2, -0.15) is 0 Å². The summed E-state index contributed by atoms with van der Waals surface area (Å²) in [6, 6.07) is 80.7. The minimum absolute atomic E-state index is 0.856. The molecule has 0 aliphatic rings. The molecule has 1 aromatic heterocycles. The fraction of sp³-hybridized carbons (Fsp3) is 0. The molecule has 0 bridgehead atoms. The zero-order valence-corrected chi connectivity index (χ0v) is 31.7. The Morgan fingerprint density at radius 3 is 1.69 bits per heavy atom. The lowest BCUT2D eigenvalue weighted by Gasteiger charge is -2.30. The van der Waals surface area contributed by atoms with Crippen molar-refractivity contribution >= 4 is 60.5 Å². The third kappa shape index (κ3) is 5.74. The Labute approximate surface area is 337 Å². The number of anilines is 3. The van der Waals surface area contributed by atoms with Crippen LogP contribution in [0.3, 0.4) is 0 Å². The van der Waals surface area contributed by atoms with E-state index in [9.17, 15) is 0 Å². The van der Waals surface area contributed by atoms with Crippen molar-refractivity contribution in [3.8, 4) is 44.5 Å². The minimum Gasteiger partial charge on any atom is -0.456 e. The lowest BCUT2D eigenvalue weighted by molar-refractivity contribution is 0.669. The summed E-state index contributed by atoms with van der Waals surface area (Å²) in [5.41, 5.74) is 14.3. The van der Waals surface area contributed by atoms with Gasteiger partial charge in [0.05, 0.1) is 16.8 Å². The van der Waals surface area contributed by atoms with Crippen LogP contribution in [0.2, 0.25) is 0 Å². The Bertz CT molecular complexity index is 3270. The number of hydrogen-bond donors (Lipinski definition) is 0. The topological polar surface area (TPSA) is 16.4 Å². The number of rotatable bonds is 7. The molecule has 0 atom stereocenters. The summed E-state index contributed by atoms with van der Waals surface area (Å²) in [7, 11) is 0. The van der Waals surface area contributed by atoms with Crippen LogP contribution in [0.4, 0.5) is 17.1 Å². The summed E-state index contributed by atoms with van der Waals surface area (Å²) in [4.78, 5) is 2.43. The first-order chi connectivity index (χ1) is 28.8. The molecule has 0 aliphatic carbocycles. The molecule has 0 fully saturated rings. The maximum atomic E-state index is 6.51. The van der Waals surface area contributed by atoms with E-state index in [0.717, 1.165) is 61.3 Å². The second-order valence-corrected chi connectivity index (χ2v) is 14.8. The predicted octanol–water partition coefficient (Wildman–Crippen LogP) is 16.0. The number of fused-ring (bicyclic) bond motifs is 6. The summed E-state index contributed by atoms with van der Waals surface area (Å²) in [6.07, 6.45) is 0. The molecule has 11 rings (SSSR count). The Balaban J connectivity index is 1.16. The van der Waals surface area contributed by atoms with Crippen molar-refractivity contribution in [2.75, 3.05) is 4.90 Å². The van der Waals surface area contributed by atoms with Crippen LogP contribution in [0.1, 0.15) is 0 Å². The van der Waals surface area contributed by atoms with E-state index in [-0.39, 0.29) is 0 Å². The molecular weight excluding hydrogens is 703 g/mol. The molecule has 0 saturated carbocycles. The Morgan fingerprint density at radius 2 is 0.879 bits per heavy atom. The molecule has 0 N–H and O–H groups in total. The van der Waals surface area contributed by atoms with Gasteiger partial charge in [0.15, 0.2) is 0 Å². The standard InChI is InChI=1S/C56H37NO/c1-3-15-39(16-4-1)46-21-9-10-22-49(46)55-48(40-17-5-2-6-18-40)24-13-25-51(55)57(52-26-14-28-54-56(52)50-23-11-12-27-53(50)58-54)44-34-31-38(32-35-44)42-33-36-47-43(37-42)30-29-41-19-7-8-20-45(41)47/h1-37H. The maximum absolute atomic E-state index is 6.51. The average Bonchev–Trinajstić information content (AvgIpc) is 3.69. The summed E-state index contributed by atoms with van der Waals surface area (Å²) >= 11 is 0. The second-order valence-electron chi connectivity index (χ2n) is 14.8. The van der Waals surface area contributed by atoms with E-state index in [4.69, 9.17) is 4.42 Å². The molecule has 272 valence electrons. The van der Waals surface area contributed by atoms with Crippen LogP contribution >= 0.6 is 0 Å². The summed E-state index contributed by atoms with van der Waals surface area (Å²) in [5, 5.41) is 7.21. The number of para-hydroxylation sites is 1. The fourth-order valence-corrected chi connectivity index (χ4v) is 8.78. The van der Waals surface area contributed by atoms with Crippen LogP contribution in [0.5, 0.6) is 0 Å². The van der Waals surface area contributed by atoms with Gasteiger partial charge in [-0.05, 0) is 103 Å². The van der Waals surface area contributed by atoms with Gasteiger partial charge in [-0.3, -0.25) is 0 Å². The van der Waals surface area contributed by atoms with Gasteiger partial charge in [0.1, 0.15) is 11.2 Å². The lowest BCUT2D eigenvalue weighted by atomic mass is 9.87. The smallest absolute Gasteiger partial charge is 0.137 e. The quantitative estimate of drug-likeness (QED) is 0.151. The average molecular weight is 740 g/mol. The monoisotopic (exact) mass is 739 g/mol. The van der Waals surface area contributed by atoms with Crippen molar-refractivity contribution in [2.24, 2.45) is 0 Å². The molecule has 2 nitrogen and oxygen atoms in total. The molecule has 58 heavy (non-hydrogen) atoms. The highest BCUT2D eigenvalue weighted by atomic mass is 16.3. The van der Waals surface area contributed by atoms with E-state index in [2.05, 4.69) is 223 Å². The van der Waals surface area contributed by atoms with Crippen molar-refractivity contribution < 1.29 is 4.42 Å². The summed E-state index contributed by atoms with van der Waals surface area (Å²) in [6.45, 7) is 0. The number of furan rings is 1. The first kappa shape index (κ1) is 33.6. The molecule has 0 aliphatic heterocycles. The highest BCUT2D eigenvalue weighted by Crippen LogP contribution is 2.50. The molecule has 0 spiro atoms. The lowest BCUT2D eigenvalue weighted by Crippen LogP contribution is -2.12. The second kappa shape index (κ2) is 14.1. The van der Waals surface area contributed by atoms with E-state index >= 15 is 0 Å². The molecule has 0 radical (unpaired) electrons. The summed E-state index contributed by atoms with van der Waals surface area (Å²) in [5.74, 6) is 0. The van der Waals surface area contributed by atoms with Gasteiger partial charge in [-0.25, -0.2) is 0 Å². The Morgan fingerprint density at radius 1 is 0.310 bits per heavy atom. The minimum atomic E-state index is 0.856. The van der Waals surface area contributed by atoms with Crippen LogP contribution in [-0.4, -0.2) is 0 Å². The molecule has 0 saturated heterocycles. The van der Waals surface area contributed by atoms with E-state index in [1.165, 1.54) is 43.8 Å². The van der Waals surface area contributed by atoms with Crippen LogP contribution in [0, 0.1) is 0 Å². The zero-order valence-electron chi connectivity index (χ0n) is 31.7. The van der Waals surface area contributed by atoms with Crippen molar-refractivity contribution in [1.29, 1.82) is 0 Å². The molecule has 2 heteroatoms. The summed E-state index contributed by atoms with van der Waals surface area (Å²) < 4.78 is 6.51. The van der Waals surface area contributed by atoms with Crippen molar-refractivity contribution in [3.63, 3.8) is 0 Å². The first-order valence-corrected chi connectivity index (χ1v) is 19.8. The van der Waals surface area contributed by atoms with Gasteiger partial charge < -0.3 is 9.32 Å². The number of benzene rings is 10. The van der Waals surface area contributed by atoms with E-state index in [1.807, 2.05) is 6.07 Å². The van der Waals surface area contributed by atoms with Crippen LogP contribution in [0.25, 0.3) is 88.0 Å². The third-order valence-corrected chi connectivity index (χ3v) is 11.5. The van der Waals surface area contributed by atoms with E-state index in [0.29, 0.717) is 0 Å².